The Labute approximate surface area is 97.5 Å². The van der Waals surface area contributed by atoms with E-state index in [2.05, 4.69) is 5.32 Å². The van der Waals surface area contributed by atoms with Crippen LogP contribution in [0.1, 0.15) is 27.2 Å². The molecule has 0 aliphatic heterocycles. The van der Waals surface area contributed by atoms with Gasteiger partial charge in [-0.3, -0.25) is 4.79 Å². The molecular formula is C10H21NO4S. The van der Waals surface area contributed by atoms with Gasteiger partial charge >= 0.3 is 5.97 Å². The van der Waals surface area contributed by atoms with Gasteiger partial charge in [0.2, 0.25) is 0 Å². The summed E-state index contributed by atoms with van der Waals surface area (Å²) in [5.41, 5.74) is 0. The number of hydrogen-bond acceptors (Lipinski definition) is 5. The van der Waals surface area contributed by atoms with Crippen molar-refractivity contribution < 1.29 is 17.9 Å². The van der Waals surface area contributed by atoms with Gasteiger partial charge in [0.15, 0.2) is 9.84 Å². The standard InChI is InChI=1S/C10H21NO4S/c1-4-15-10(12)6-7-11-9(3)8-16(13,14)5-2/h9,11H,4-8H2,1-3H3. The molecule has 0 radical (unpaired) electrons. The van der Waals surface area contributed by atoms with E-state index in [1.165, 1.54) is 0 Å². The van der Waals surface area contributed by atoms with Crippen LogP contribution in [-0.2, 0) is 19.4 Å². The summed E-state index contributed by atoms with van der Waals surface area (Å²) < 4.78 is 27.3. The van der Waals surface area contributed by atoms with Gasteiger partial charge < -0.3 is 10.1 Å². The third-order valence-electron chi connectivity index (χ3n) is 2.07. The van der Waals surface area contributed by atoms with E-state index in [-0.39, 0.29) is 29.9 Å². The monoisotopic (exact) mass is 251 g/mol. The summed E-state index contributed by atoms with van der Waals surface area (Å²) in [4.78, 5) is 11.0. The third kappa shape index (κ3) is 7.64. The summed E-state index contributed by atoms with van der Waals surface area (Å²) in [7, 11) is -2.96. The molecule has 1 N–H and O–H groups in total. The molecule has 0 aromatic heterocycles. The normalized spacial score (nSPS) is 13.4. The van der Waals surface area contributed by atoms with Crippen LogP contribution in [0, 0.1) is 0 Å². The van der Waals surface area contributed by atoms with Crippen molar-refractivity contribution in [3.05, 3.63) is 0 Å². The maximum atomic E-state index is 11.3. The first-order chi connectivity index (χ1) is 7.41. The molecule has 1 unspecified atom stereocenters. The summed E-state index contributed by atoms with van der Waals surface area (Å²) in [5.74, 6) is -0.0102. The van der Waals surface area contributed by atoms with Crippen molar-refractivity contribution in [2.24, 2.45) is 0 Å². The zero-order chi connectivity index (χ0) is 12.6. The van der Waals surface area contributed by atoms with Crippen LogP contribution >= 0.6 is 0 Å². The maximum absolute atomic E-state index is 11.3. The van der Waals surface area contributed by atoms with Crippen LogP contribution in [0.2, 0.25) is 0 Å². The second kappa shape index (κ2) is 7.62. The van der Waals surface area contributed by atoms with Crippen molar-refractivity contribution in [2.75, 3.05) is 24.7 Å². The second-order valence-corrected chi connectivity index (χ2v) is 6.01. The molecule has 0 aliphatic rings. The van der Waals surface area contributed by atoms with Gasteiger partial charge in [0, 0.05) is 18.3 Å². The molecule has 1 atom stereocenters. The number of carbonyl (C=O) groups excluding carboxylic acids is 1. The fourth-order valence-corrected chi connectivity index (χ4v) is 2.33. The SMILES string of the molecule is CCOC(=O)CCNC(C)CS(=O)(=O)CC. The molecule has 0 amide bonds. The van der Waals surface area contributed by atoms with Gasteiger partial charge in [0.1, 0.15) is 0 Å². The van der Waals surface area contributed by atoms with Crippen LogP contribution in [0.5, 0.6) is 0 Å². The van der Waals surface area contributed by atoms with Crippen LogP contribution in [-0.4, -0.2) is 45.1 Å². The van der Waals surface area contributed by atoms with Gasteiger partial charge in [-0.1, -0.05) is 6.92 Å². The van der Waals surface area contributed by atoms with Gasteiger partial charge in [-0.05, 0) is 13.8 Å². The average Bonchev–Trinajstić information content (AvgIpc) is 2.17. The van der Waals surface area contributed by atoms with Crippen molar-refractivity contribution in [1.82, 2.24) is 5.32 Å². The second-order valence-electron chi connectivity index (χ2n) is 3.61. The summed E-state index contributed by atoms with van der Waals surface area (Å²) in [6.45, 7) is 5.98. The third-order valence-corrected chi connectivity index (χ3v) is 3.96. The Morgan fingerprint density at radius 3 is 2.50 bits per heavy atom. The van der Waals surface area contributed by atoms with E-state index in [9.17, 15) is 13.2 Å². The van der Waals surface area contributed by atoms with E-state index in [1.54, 1.807) is 20.8 Å². The van der Waals surface area contributed by atoms with Crippen LogP contribution < -0.4 is 5.32 Å². The molecule has 0 aromatic rings. The minimum Gasteiger partial charge on any atom is -0.466 e. The molecule has 0 fully saturated rings. The molecule has 0 rings (SSSR count). The molecule has 0 bridgehead atoms. The van der Waals surface area contributed by atoms with Crippen molar-refractivity contribution >= 4 is 15.8 Å². The Morgan fingerprint density at radius 2 is 2.00 bits per heavy atom. The molecule has 0 aromatic carbocycles. The summed E-state index contributed by atoms with van der Waals surface area (Å²) in [6.07, 6.45) is 0.268. The fraction of sp³-hybridized carbons (Fsp3) is 0.900. The highest BCUT2D eigenvalue weighted by molar-refractivity contribution is 7.91. The Balaban J connectivity index is 3.74. The number of carbonyl (C=O) groups is 1. The van der Waals surface area contributed by atoms with E-state index in [0.29, 0.717) is 13.2 Å². The van der Waals surface area contributed by atoms with Crippen molar-refractivity contribution in [1.29, 1.82) is 0 Å². The smallest absolute Gasteiger partial charge is 0.307 e. The van der Waals surface area contributed by atoms with Crippen molar-refractivity contribution in [3.8, 4) is 0 Å². The van der Waals surface area contributed by atoms with Gasteiger partial charge in [-0.2, -0.15) is 0 Å². The van der Waals surface area contributed by atoms with E-state index in [1.807, 2.05) is 0 Å². The molecule has 5 nitrogen and oxygen atoms in total. The average molecular weight is 251 g/mol. The first-order valence-electron chi connectivity index (χ1n) is 5.50. The lowest BCUT2D eigenvalue weighted by Gasteiger charge is -2.12. The van der Waals surface area contributed by atoms with Crippen molar-refractivity contribution in [3.63, 3.8) is 0 Å². The van der Waals surface area contributed by atoms with E-state index in [0.717, 1.165) is 0 Å². The largest absolute Gasteiger partial charge is 0.466 e. The lowest BCUT2D eigenvalue weighted by atomic mass is 10.3. The number of hydrogen-bond donors (Lipinski definition) is 1. The molecule has 0 saturated heterocycles. The lowest BCUT2D eigenvalue weighted by molar-refractivity contribution is -0.142. The Morgan fingerprint density at radius 1 is 1.38 bits per heavy atom. The first-order valence-corrected chi connectivity index (χ1v) is 7.32. The summed E-state index contributed by atoms with van der Waals surface area (Å²) in [6, 6.07) is -0.139. The van der Waals surface area contributed by atoms with Crippen LogP contribution in [0.15, 0.2) is 0 Å². The van der Waals surface area contributed by atoms with Gasteiger partial charge in [-0.15, -0.1) is 0 Å². The minimum absolute atomic E-state index is 0.103. The minimum atomic E-state index is -2.96. The number of esters is 1. The molecule has 0 heterocycles. The molecule has 0 spiro atoms. The predicted octanol–water partition coefficient (Wildman–Crippen LogP) is 0.352. The fourth-order valence-electron chi connectivity index (χ4n) is 1.21. The molecule has 0 aliphatic carbocycles. The molecular weight excluding hydrogens is 230 g/mol. The topological polar surface area (TPSA) is 72.5 Å². The Hall–Kier alpha value is -0.620. The molecule has 6 heteroatoms. The zero-order valence-corrected chi connectivity index (χ0v) is 11.0. The van der Waals surface area contributed by atoms with Crippen molar-refractivity contribution in [2.45, 2.75) is 33.2 Å². The van der Waals surface area contributed by atoms with Crippen LogP contribution in [0.25, 0.3) is 0 Å². The molecule has 16 heavy (non-hydrogen) atoms. The highest BCUT2D eigenvalue weighted by atomic mass is 32.2. The predicted molar refractivity (Wildman–Crippen MR) is 63.0 cm³/mol. The zero-order valence-electron chi connectivity index (χ0n) is 10.2. The van der Waals surface area contributed by atoms with Gasteiger partial charge in [0.25, 0.3) is 0 Å². The highest BCUT2D eigenvalue weighted by Crippen LogP contribution is 1.95. The summed E-state index contributed by atoms with van der Waals surface area (Å²) >= 11 is 0. The first kappa shape index (κ1) is 15.4. The Bertz CT molecular complexity index is 300. The number of sulfone groups is 1. The Kier molecular flexibility index (Phi) is 7.33. The highest BCUT2D eigenvalue weighted by Gasteiger charge is 2.13. The van der Waals surface area contributed by atoms with E-state index < -0.39 is 9.84 Å². The number of rotatable bonds is 8. The van der Waals surface area contributed by atoms with Crippen LogP contribution in [0.3, 0.4) is 0 Å². The summed E-state index contributed by atoms with van der Waals surface area (Å²) in [5, 5.41) is 2.98. The van der Waals surface area contributed by atoms with E-state index >= 15 is 0 Å². The number of ether oxygens (including phenoxy) is 1. The number of nitrogens with one attached hydrogen (secondary N) is 1. The van der Waals surface area contributed by atoms with E-state index in [4.69, 9.17) is 4.74 Å². The molecule has 96 valence electrons. The van der Waals surface area contributed by atoms with Gasteiger partial charge in [0.05, 0.1) is 18.8 Å². The molecule has 0 saturated carbocycles. The van der Waals surface area contributed by atoms with Crippen LogP contribution in [0.4, 0.5) is 0 Å². The quantitative estimate of drug-likeness (QED) is 0.630. The van der Waals surface area contributed by atoms with Gasteiger partial charge in [-0.25, -0.2) is 8.42 Å². The lowest BCUT2D eigenvalue weighted by Crippen LogP contribution is -2.35. The maximum Gasteiger partial charge on any atom is 0.307 e.